The second-order valence-electron chi connectivity index (χ2n) is 5.30. The Bertz CT molecular complexity index is 757. The van der Waals surface area contributed by atoms with Gasteiger partial charge in [-0.05, 0) is 48.6 Å². The fourth-order valence-corrected chi connectivity index (χ4v) is 3.77. The lowest BCUT2D eigenvalue weighted by molar-refractivity contribution is 0.529. The van der Waals surface area contributed by atoms with Crippen molar-refractivity contribution in [3.8, 4) is 0 Å². The number of rotatable bonds is 5. The van der Waals surface area contributed by atoms with Gasteiger partial charge >= 0.3 is 0 Å². The first kappa shape index (κ1) is 15.7. The van der Waals surface area contributed by atoms with Crippen molar-refractivity contribution >= 4 is 33.2 Å². The summed E-state index contributed by atoms with van der Waals surface area (Å²) in [5.74, 6) is 0.316. The average molecular weight is 357 g/mol. The number of nitrogens with one attached hydrogen (secondary N) is 1. The molecule has 4 nitrogen and oxygen atoms in total. The van der Waals surface area contributed by atoms with E-state index in [4.69, 9.17) is 23.2 Å². The molecule has 22 heavy (non-hydrogen) atoms. The summed E-state index contributed by atoms with van der Waals surface area (Å²) in [7, 11) is -3.64. The molecule has 1 heterocycles. The number of aromatic nitrogens is 1. The standard InChI is InChI=1S/C15H14Cl2N2O2S/c16-12-5-3-11(4-6-12)15(10-1-2-10)19-22(20,21)13-7-8-14(17)18-9-13/h3-10,15,19H,1-2H2. The van der Waals surface area contributed by atoms with Crippen LogP contribution in [0.1, 0.15) is 24.4 Å². The van der Waals surface area contributed by atoms with Crippen LogP contribution in [0.25, 0.3) is 0 Å². The second kappa shape index (κ2) is 6.16. The molecule has 1 unspecified atom stereocenters. The lowest BCUT2D eigenvalue weighted by Gasteiger charge is -2.19. The summed E-state index contributed by atoms with van der Waals surface area (Å²) in [5.41, 5.74) is 0.914. The number of hydrogen-bond acceptors (Lipinski definition) is 3. The molecule has 1 N–H and O–H groups in total. The number of halogens is 2. The molecule has 0 saturated heterocycles. The minimum atomic E-state index is -3.64. The van der Waals surface area contributed by atoms with Gasteiger partial charge in [0.15, 0.2) is 0 Å². The molecule has 1 atom stereocenters. The highest BCUT2D eigenvalue weighted by Gasteiger charge is 2.35. The van der Waals surface area contributed by atoms with Crippen LogP contribution in [0.5, 0.6) is 0 Å². The normalized spacial score (nSPS) is 16.5. The largest absolute Gasteiger partial charge is 0.243 e. The van der Waals surface area contributed by atoms with Gasteiger partial charge in [-0.25, -0.2) is 18.1 Å². The van der Waals surface area contributed by atoms with Gasteiger partial charge in [0, 0.05) is 17.3 Å². The van der Waals surface area contributed by atoms with Crippen molar-refractivity contribution in [3.63, 3.8) is 0 Å². The van der Waals surface area contributed by atoms with Gasteiger partial charge < -0.3 is 0 Å². The first-order valence-electron chi connectivity index (χ1n) is 6.85. The molecule has 2 aromatic rings. The summed E-state index contributed by atoms with van der Waals surface area (Å²) in [5, 5.41) is 0.887. The Labute approximate surface area is 139 Å². The van der Waals surface area contributed by atoms with E-state index in [1.807, 2.05) is 12.1 Å². The van der Waals surface area contributed by atoms with E-state index in [1.165, 1.54) is 18.3 Å². The average Bonchev–Trinajstić information content (AvgIpc) is 3.31. The maximum atomic E-state index is 12.5. The van der Waals surface area contributed by atoms with Gasteiger partial charge in [-0.3, -0.25) is 0 Å². The molecular weight excluding hydrogens is 343 g/mol. The van der Waals surface area contributed by atoms with Crippen molar-refractivity contribution in [3.05, 3.63) is 58.3 Å². The Morgan fingerprint density at radius 2 is 1.77 bits per heavy atom. The van der Waals surface area contributed by atoms with E-state index < -0.39 is 10.0 Å². The van der Waals surface area contributed by atoms with Crippen LogP contribution in [0.3, 0.4) is 0 Å². The molecule has 1 aliphatic rings. The molecule has 116 valence electrons. The SMILES string of the molecule is O=S(=O)(NC(c1ccc(Cl)cc1)C1CC1)c1ccc(Cl)nc1. The molecule has 0 radical (unpaired) electrons. The van der Waals surface area contributed by atoms with Crippen LogP contribution in [0.15, 0.2) is 47.5 Å². The van der Waals surface area contributed by atoms with Gasteiger partial charge in [0.2, 0.25) is 10.0 Å². The predicted octanol–water partition coefficient (Wildman–Crippen LogP) is 3.82. The highest BCUT2D eigenvalue weighted by Crippen LogP contribution is 2.41. The summed E-state index contributed by atoms with van der Waals surface area (Å²) in [6.07, 6.45) is 3.28. The monoisotopic (exact) mass is 356 g/mol. The molecule has 1 saturated carbocycles. The first-order chi connectivity index (χ1) is 10.5. The molecule has 1 aliphatic carbocycles. The molecule has 0 aliphatic heterocycles. The minimum absolute atomic E-state index is 0.108. The topological polar surface area (TPSA) is 59.1 Å². The van der Waals surface area contributed by atoms with Crippen molar-refractivity contribution in [1.82, 2.24) is 9.71 Å². The zero-order chi connectivity index (χ0) is 15.7. The van der Waals surface area contributed by atoms with Crippen LogP contribution in [-0.2, 0) is 10.0 Å². The molecule has 1 aromatic carbocycles. The Balaban J connectivity index is 1.87. The Morgan fingerprint density at radius 3 is 2.32 bits per heavy atom. The number of benzene rings is 1. The maximum absolute atomic E-state index is 12.5. The van der Waals surface area contributed by atoms with Gasteiger partial charge in [0.05, 0.1) is 0 Å². The van der Waals surface area contributed by atoms with Crippen molar-refractivity contribution in [2.45, 2.75) is 23.8 Å². The predicted molar refractivity (Wildman–Crippen MR) is 86.5 cm³/mol. The molecule has 1 fully saturated rings. The number of nitrogens with zero attached hydrogens (tertiary/aromatic N) is 1. The summed E-state index contributed by atoms with van der Waals surface area (Å²) >= 11 is 11.6. The Hall–Kier alpha value is -1.14. The van der Waals surface area contributed by atoms with Crippen LogP contribution in [0.4, 0.5) is 0 Å². The number of hydrogen-bond donors (Lipinski definition) is 1. The van der Waals surface area contributed by atoms with Crippen molar-refractivity contribution in [1.29, 1.82) is 0 Å². The molecule has 1 aromatic heterocycles. The van der Waals surface area contributed by atoms with E-state index in [9.17, 15) is 8.42 Å². The van der Waals surface area contributed by atoms with Crippen molar-refractivity contribution in [2.24, 2.45) is 5.92 Å². The molecule has 0 spiro atoms. The third-order valence-electron chi connectivity index (χ3n) is 3.62. The molecular formula is C15H14Cl2N2O2S. The third-order valence-corrected chi connectivity index (χ3v) is 5.52. The maximum Gasteiger partial charge on any atom is 0.242 e. The van der Waals surface area contributed by atoms with E-state index in [-0.39, 0.29) is 16.1 Å². The molecule has 0 amide bonds. The fraction of sp³-hybridized carbons (Fsp3) is 0.267. The summed E-state index contributed by atoms with van der Waals surface area (Å²) in [6, 6.07) is 9.91. The van der Waals surface area contributed by atoms with Crippen LogP contribution in [0, 0.1) is 5.92 Å². The Kier molecular flexibility index (Phi) is 4.41. The van der Waals surface area contributed by atoms with Gasteiger partial charge in [0.1, 0.15) is 10.0 Å². The van der Waals surface area contributed by atoms with E-state index in [0.717, 1.165) is 18.4 Å². The number of pyridine rings is 1. The van der Waals surface area contributed by atoms with Crippen molar-refractivity contribution < 1.29 is 8.42 Å². The summed E-state index contributed by atoms with van der Waals surface area (Å²) in [6.45, 7) is 0. The quantitative estimate of drug-likeness (QED) is 0.828. The summed E-state index contributed by atoms with van der Waals surface area (Å²) in [4.78, 5) is 3.93. The highest BCUT2D eigenvalue weighted by molar-refractivity contribution is 7.89. The second-order valence-corrected chi connectivity index (χ2v) is 7.84. The molecule has 0 bridgehead atoms. The highest BCUT2D eigenvalue weighted by atomic mass is 35.5. The lowest BCUT2D eigenvalue weighted by atomic mass is 10.0. The molecule has 3 rings (SSSR count). The van der Waals surface area contributed by atoms with E-state index in [2.05, 4.69) is 9.71 Å². The van der Waals surface area contributed by atoms with E-state index in [1.54, 1.807) is 12.1 Å². The summed E-state index contributed by atoms with van der Waals surface area (Å²) < 4.78 is 27.8. The van der Waals surface area contributed by atoms with Crippen molar-refractivity contribution in [2.75, 3.05) is 0 Å². The smallest absolute Gasteiger partial charge is 0.242 e. The van der Waals surface area contributed by atoms with Gasteiger partial charge in [-0.15, -0.1) is 0 Å². The Morgan fingerprint density at radius 1 is 1.09 bits per heavy atom. The van der Waals surface area contributed by atoms with E-state index >= 15 is 0 Å². The zero-order valence-electron chi connectivity index (χ0n) is 11.5. The fourth-order valence-electron chi connectivity index (χ4n) is 2.29. The van der Waals surface area contributed by atoms with Crippen LogP contribution in [-0.4, -0.2) is 13.4 Å². The van der Waals surface area contributed by atoms with Gasteiger partial charge in [-0.2, -0.15) is 0 Å². The minimum Gasteiger partial charge on any atom is -0.243 e. The molecule has 7 heteroatoms. The van der Waals surface area contributed by atoms with Crippen LogP contribution < -0.4 is 4.72 Å². The van der Waals surface area contributed by atoms with Gasteiger partial charge in [0.25, 0.3) is 0 Å². The zero-order valence-corrected chi connectivity index (χ0v) is 13.9. The lowest BCUT2D eigenvalue weighted by Crippen LogP contribution is -2.30. The van der Waals surface area contributed by atoms with Crippen LogP contribution >= 0.6 is 23.2 Å². The van der Waals surface area contributed by atoms with Gasteiger partial charge in [-0.1, -0.05) is 35.3 Å². The third kappa shape index (κ3) is 3.60. The van der Waals surface area contributed by atoms with E-state index in [0.29, 0.717) is 10.9 Å². The first-order valence-corrected chi connectivity index (χ1v) is 9.09. The van der Waals surface area contributed by atoms with Crippen LogP contribution in [0.2, 0.25) is 10.2 Å². The number of sulfonamides is 1.